The van der Waals surface area contributed by atoms with Crippen LogP contribution in [0.3, 0.4) is 0 Å². The van der Waals surface area contributed by atoms with Gasteiger partial charge in [-0.2, -0.15) is 0 Å². The molecule has 2 heterocycles. The highest BCUT2D eigenvalue weighted by Gasteiger charge is 2.23. The normalized spacial score (nSPS) is 18.4. The Hall–Kier alpha value is -1.63. The van der Waals surface area contributed by atoms with Crippen LogP contribution in [0.25, 0.3) is 0 Å². The molecular weight excluding hydrogens is 278 g/mol. The summed E-state index contributed by atoms with van der Waals surface area (Å²) in [6.45, 7) is 2.57. The molecule has 20 heavy (non-hydrogen) atoms. The molecule has 0 aromatic carbocycles. The summed E-state index contributed by atoms with van der Waals surface area (Å²) in [4.78, 5) is 18.3. The Labute approximate surface area is 119 Å². The number of nitrogens with zero attached hydrogens (tertiary/aromatic N) is 2. The SMILES string of the molecule is CNc1cc(C(=O)N2CCCS(=O)(=O)CC2)cc(C)n1. The lowest BCUT2D eigenvalue weighted by Crippen LogP contribution is -2.33. The van der Waals surface area contributed by atoms with Crippen molar-refractivity contribution in [2.24, 2.45) is 0 Å². The van der Waals surface area contributed by atoms with Crippen molar-refractivity contribution in [1.29, 1.82) is 0 Å². The van der Waals surface area contributed by atoms with Crippen molar-refractivity contribution in [3.8, 4) is 0 Å². The Morgan fingerprint density at radius 2 is 2.05 bits per heavy atom. The number of rotatable bonds is 2. The smallest absolute Gasteiger partial charge is 0.254 e. The molecule has 1 aliphatic rings. The first-order chi connectivity index (χ1) is 9.41. The number of carbonyl (C=O) groups is 1. The van der Waals surface area contributed by atoms with Gasteiger partial charge in [-0.25, -0.2) is 13.4 Å². The van der Waals surface area contributed by atoms with E-state index in [4.69, 9.17) is 0 Å². The highest BCUT2D eigenvalue weighted by Crippen LogP contribution is 2.14. The van der Waals surface area contributed by atoms with Crippen LogP contribution in [0, 0.1) is 6.92 Å². The maximum atomic E-state index is 12.5. The fourth-order valence-corrected chi connectivity index (χ4v) is 3.52. The molecule has 0 spiro atoms. The van der Waals surface area contributed by atoms with Gasteiger partial charge in [-0.05, 0) is 25.5 Å². The third-order valence-corrected chi connectivity index (χ3v) is 5.01. The number of hydrogen-bond donors (Lipinski definition) is 1. The summed E-state index contributed by atoms with van der Waals surface area (Å²) in [6.07, 6.45) is 0.497. The molecule has 0 unspecified atom stereocenters. The lowest BCUT2D eigenvalue weighted by Gasteiger charge is -2.20. The van der Waals surface area contributed by atoms with Crippen LogP contribution in [0.4, 0.5) is 5.82 Å². The molecule has 1 N–H and O–H groups in total. The number of carbonyl (C=O) groups excluding carboxylic acids is 1. The first kappa shape index (κ1) is 14.8. The second-order valence-electron chi connectivity index (χ2n) is 4.93. The van der Waals surface area contributed by atoms with Crippen molar-refractivity contribution in [2.45, 2.75) is 13.3 Å². The van der Waals surface area contributed by atoms with Gasteiger partial charge in [0.15, 0.2) is 9.84 Å². The van der Waals surface area contributed by atoms with Crippen LogP contribution in [-0.4, -0.2) is 55.9 Å². The van der Waals surface area contributed by atoms with Crippen LogP contribution >= 0.6 is 0 Å². The third kappa shape index (κ3) is 3.47. The van der Waals surface area contributed by atoms with E-state index in [1.54, 1.807) is 24.1 Å². The second kappa shape index (κ2) is 5.78. The Bertz CT molecular complexity index is 613. The summed E-state index contributed by atoms with van der Waals surface area (Å²) in [5.74, 6) is 0.704. The van der Waals surface area contributed by atoms with E-state index < -0.39 is 9.84 Å². The van der Waals surface area contributed by atoms with E-state index >= 15 is 0 Å². The van der Waals surface area contributed by atoms with Gasteiger partial charge in [0.25, 0.3) is 5.91 Å². The van der Waals surface area contributed by atoms with Crippen LogP contribution in [-0.2, 0) is 9.84 Å². The minimum absolute atomic E-state index is 0.0433. The molecule has 1 aliphatic heterocycles. The maximum Gasteiger partial charge on any atom is 0.254 e. The number of anilines is 1. The Morgan fingerprint density at radius 1 is 1.30 bits per heavy atom. The summed E-state index contributed by atoms with van der Waals surface area (Å²) in [6, 6.07) is 3.41. The molecule has 7 heteroatoms. The van der Waals surface area contributed by atoms with E-state index in [1.165, 1.54) is 0 Å². The number of hydrogen-bond acceptors (Lipinski definition) is 5. The van der Waals surface area contributed by atoms with Crippen LogP contribution in [0.15, 0.2) is 12.1 Å². The van der Waals surface area contributed by atoms with Gasteiger partial charge in [0.05, 0.1) is 11.5 Å². The molecule has 2 rings (SSSR count). The molecule has 0 atom stereocenters. The topological polar surface area (TPSA) is 79.4 Å². The van der Waals surface area contributed by atoms with E-state index in [1.807, 2.05) is 6.92 Å². The zero-order valence-electron chi connectivity index (χ0n) is 11.7. The van der Waals surface area contributed by atoms with Crippen molar-refractivity contribution < 1.29 is 13.2 Å². The van der Waals surface area contributed by atoms with Gasteiger partial charge >= 0.3 is 0 Å². The van der Waals surface area contributed by atoms with Crippen LogP contribution < -0.4 is 5.32 Å². The minimum Gasteiger partial charge on any atom is -0.373 e. The van der Waals surface area contributed by atoms with Crippen molar-refractivity contribution >= 4 is 21.6 Å². The minimum atomic E-state index is -3.01. The first-order valence-electron chi connectivity index (χ1n) is 6.57. The van der Waals surface area contributed by atoms with Crippen molar-refractivity contribution in [2.75, 3.05) is 37.0 Å². The van der Waals surface area contributed by atoms with Gasteiger partial charge in [-0.1, -0.05) is 0 Å². The number of aromatic nitrogens is 1. The van der Waals surface area contributed by atoms with E-state index in [0.717, 1.165) is 5.69 Å². The van der Waals surface area contributed by atoms with Crippen molar-refractivity contribution in [3.05, 3.63) is 23.4 Å². The van der Waals surface area contributed by atoms with Crippen molar-refractivity contribution in [3.63, 3.8) is 0 Å². The molecule has 1 aromatic rings. The number of aryl methyl sites for hydroxylation is 1. The molecule has 6 nitrogen and oxygen atoms in total. The van der Waals surface area contributed by atoms with E-state index in [-0.39, 0.29) is 24.0 Å². The van der Waals surface area contributed by atoms with Crippen LogP contribution in [0.5, 0.6) is 0 Å². The van der Waals surface area contributed by atoms with Gasteiger partial charge in [-0.15, -0.1) is 0 Å². The van der Waals surface area contributed by atoms with E-state index in [9.17, 15) is 13.2 Å². The van der Waals surface area contributed by atoms with Crippen LogP contribution in [0.1, 0.15) is 22.5 Å². The maximum absolute atomic E-state index is 12.5. The average molecular weight is 297 g/mol. The molecule has 0 bridgehead atoms. The summed E-state index contributed by atoms with van der Waals surface area (Å²) in [7, 11) is -1.26. The predicted octanol–water partition coefficient (Wildman–Crippen LogP) is 0.692. The highest BCUT2D eigenvalue weighted by atomic mass is 32.2. The molecule has 110 valence electrons. The fourth-order valence-electron chi connectivity index (χ4n) is 2.24. The molecule has 0 radical (unpaired) electrons. The van der Waals surface area contributed by atoms with Gasteiger partial charge in [0.1, 0.15) is 5.82 Å². The zero-order chi connectivity index (χ0) is 14.8. The Kier molecular flexibility index (Phi) is 4.27. The quantitative estimate of drug-likeness (QED) is 0.869. The molecule has 1 saturated heterocycles. The largest absolute Gasteiger partial charge is 0.373 e. The highest BCUT2D eigenvalue weighted by molar-refractivity contribution is 7.91. The molecule has 1 amide bonds. The Balaban J connectivity index is 2.21. The number of pyridine rings is 1. The van der Waals surface area contributed by atoms with E-state index in [0.29, 0.717) is 24.3 Å². The lowest BCUT2D eigenvalue weighted by molar-refractivity contribution is 0.0768. The summed E-state index contributed by atoms with van der Waals surface area (Å²) in [5.41, 5.74) is 1.30. The monoisotopic (exact) mass is 297 g/mol. The molecule has 0 aliphatic carbocycles. The number of amides is 1. The van der Waals surface area contributed by atoms with Gasteiger partial charge in [-0.3, -0.25) is 4.79 Å². The Morgan fingerprint density at radius 3 is 2.75 bits per heavy atom. The third-order valence-electron chi connectivity index (χ3n) is 3.30. The summed E-state index contributed by atoms with van der Waals surface area (Å²) in [5, 5.41) is 2.91. The van der Waals surface area contributed by atoms with E-state index in [2.05, 4.69) is 10.3 Å². The first-order valence-corrected chi connectivity index (χ1v) is 8.39. The molecule has 1 fully saturated rings. The van der Waals surface area contributed by atoms with Crippen LogP contribution in [0.2, 0.25) is 0 Å². The number of nitrogens with one attached hydrogen (secondary N) is 1. The molecular formula is C13H19N3O3S. The standard InChI is InChI=1S/C13H19N3O3S/c1-10-8-11(9-12(14-2)15-10)13(17)16-4-3-6-20(18,19)7-5-16/h8-9H,3-7H2,1-2H3,(H,14,15). The molecule has 0 saturated carbocycles. The second-order valence-corrected chi connectivity index (χ2v) is 7.23. The molecule has 1 aromatic heterocycles. The van der Waals surface area contributed by atoms with Gasteiger partial charge in [0, 0.05) is 31.4 Å². The van der Waals surface area contributed by atoms with Gasteiger partial charge < -0.3 is 10.2 Å². The average Bonchev–Trinajstić information content (AvgIpc) is 2.58. The zero-order valence-corrected chi connectivity index (χ0v) is 12.5. The summed E-state index contributed by atoms with van der Waals surface area (Å²) >= 11 is 0. The fraction of sp³-hybridized carbons (Fsp3) is 0.538. The lowest BCUT2D eigenvalue weighted by atomic mass is 10.2. The predicted molar refractivity (Wildman–Crippen MR) is 77.7 cm³/mol. The van der Waals surface area contributed by atoms with Crippen molar-refractivity contribution in [1.82, 2.24) is 9.88 Å². The number of sulfone groups is 1. The van der Waals surface area contributed by atoms with Gasteiger partial charge in [0.2, 0.25) is 0 Å². The summed E-state index contributed by atoms with van der Waals surface area (Å²) < 4.78 is 23.1.